The second kappa shape index (κ2) is 35.1. The van der Waals surface area contributed by atoms with Gasteiger partial charge in [-0.05, 0) is 57.8 Å². The number of aliphatic hydroxyl groups is 2. The molecular formula is C39H73NO3. The summed E-state index contributed by atoms with van der Waals surface area (Å²) in [5.41, 5.74) is 0. The Bertz CT molecular complexity index is 657. The lowest BCUT2D eigenvalue weighted by Gasteiger charge is -2.19. The van der Waals surface area contributed by atoms with E-state index in [4.69, 9.17) is 0 Å². The summed E-state index contributed by atoms with van der Waals surface area (Å²) < 4.78 is 0. The van der Waals surface area contributed by atoms with Crippen LogP contribution in [-0.2, 0) is 4.79 Å². The van der Waals surface area contributed by atoms with Gasteiger partial charge in [-0.1, -0.05) is 159 Å². The number of carbonyl (C=O) groups excluding carboxylic acids is 1. The number of unbranched alkanes of at least 4 members (excludes halogenated alkanes) is 22. The minimum Gasteiger partial charge on any atom is -0.394 e. The highest BCUT2D eigenvalue weighted by molar-refractivity contribution is 5.76. The first-order valence-corrected chi connectivity index (χ1v) is 18.7. The van der Waals surface area contributed by atoms with E-state index in [2.05, 4.69) is 43.5 Å². The van der Waals surface area contributed by atoms with Gasteiger partial charge < -0.3 is 15.5 Å². The topological polar surface area (TPSA) is 69.6 Å². The molecule has 0 aromatic rings. The molecule has 0 heterocycles. The molecule has 0 bridgehead atoms. The lowest BCUT2D eigenvalue weighted by atomic mass is 10.1. The molecule has 0 aliphatic heterocycles. The average molecular weight is 604 g/mol. The minimum atomic E-state index is -0.860. The molecule has 2 unspecified atom stereocenters. The molecule has 252 valence electrons. The third-order valence-electron chi connectivity index (χ3n) is 8.35. The van der Waals surface area contributed by atoms with E-state index < -0.39 is 12.1 Å². The van der Waals surface area contributed by atoms with Crippen LogP contribution >= 0.6 is 0 Å². The Balaban J connectivity index is 3.64. The maximum atomic E-state index is 12.3. The molecule has 4 heteroatoms. The number of nitrogens with one attached hydrogen (secondary N) is 1. The van der Waals surface area contributed by atoms with Crippen molar-refractivity contribution < 1.29 is 15.0 Å². The molecule has 4 nitrogen and oxygen atoms in total. The third-order valence-corrected chi connectivity index (χ3v) is 8.35. The highest BCUT2D eigenvalue weighted by Gasteiger charge is 2.17. The van der Waals surface area contributed by atoms with E-state index in [-0.39, 0.29) is 12.5 Å². The van der Waals surface area contributed by atoms with Gasteiger partial charge >= 0.3 is 0 Å². The maximum Gasteiger partial charge on any atom is 0.220 e. The fourth-order valence-corrected chi connectivity index (χ4v) is 5.42. The molecule has 2 atom stereocenters. The molecule has 0 saturated heterocycles. The van der Waals surface area contributed by atoms with Crippen molar-refractivity contribution in [3.63, 3.8) is 0 Å². The van der Waals surface area contributed by atoms with Gasteiger partial charge in [0, 0.05) is 6.42 Å². The monoisotopic (exact) mass is 604 g/mol. The van der Waals surface area contributed by atoms with Crippen molar-refractivity contribution >= 4 is 5.91 Å². The molecule has 0 fully saturated rings. The zero-order chi connectivity index (χ0) is 31.5. The predicted molar refractivity (Wildman–Crippen MR) is 188 cm³/mol. The number of amides is 1. The summed E-state index contributed by atoms with van der Waals surface area (Å²) in [5, 5.41) is 22.8. The molecule has 0 aromatic carbocycles. The second-order valence-corrected chi connectivity index (χ2v) is 12.6. The molecule has 43 heavy (non-hydrogen) atoms. The molecular weight excluding hydrogens is 530 g/mol. The van der Waals surface area contributed by atoms with E-state index in [0.29, 0.717) is 6.42 Å². The van der Waals surface area contributed by atoms with Crippen LogP contribution in [0.5, 0.6) is 0 Å². The van der Waals surface area contributed by atoms with Crippen molar-refractivity contribution in [3.8, 4) is 0 Å². The summed E-state index contributed by atoms with van der Waals surface area (Å²) >= 11 is 0. The smallest absolute Gasteiger partial charge is 0.220 e. The van der Waals surface area contributed by atoms with Crippen LogP contribution < -0.4 is 5.32 Å². The van der Waals surface area contributed by atoms with Crippen LogP contribution in [0.4, 0.5) is 0 Å². The van der Waals surface area contributed by atoms with Crippen molar-refractivity contribution in [2.75, 3.05) is 6.61 Å². The fraction of sp³-hybridized carbons (Fsp3) is 0.821. The molecule has 0 spiro atoms. The van der Waals surface area contributed by atoms with Crippen molar-refractivity contribution in [2.45, 2.75) is 199 Å². The van der Waals surface area contributed by atoms with Gasteiger partial charge in [0.2, 0.25) is 5.91 Å². The van der Waals surface area contributed by atoms with E-state index in [1.165, 1.54) is 135 Å². The predicted octanol–water partition coefficient (Wildman–Crippen LogP) is 11.1. The minimum absolute atomic E-state index is 0.0807. The lowest BCUT2D eigenvalue weighted by molar-refractivity contribution is -0.123. The van der Waals surface area contributed by atoms with E-state index in [9.17, 15) is 15.0 Å². The second-order valence-electron chi connectivity index (χ2n) is 12.6. The number of hydrogen-bond acceptors (Lipinski definition) is 3. The van der Waals surface area contributed by atoms with Gasteiger partial charge in [-0.25, -0.2) is 0 Å². The van der Waals surface area contributed by atoms with Gasteiger partial charge in [0.25, 0.3) is 0 Å². The Morgan fingerprint density at radius 1 is 0.535 bits per heavy atom. The first kappa shape index (κ1) is 41.6. The largest absolute Gasteiger partial charge is 0.394 e. The Kier molecular flexibility index (Phi) is 34.0. The van der Waals surface area contributed by atoms with Crippen molar-refractivity contribution in [3.05, 3.63) is 36.5 Å². The van der Waals surface area contributed by atoms with Gasteiger partial charge in [-0.15, -0.1) is 0 Å². The average Bonchev–Trinajstić information content (AvgIpc) is 3.01. The number of rotatable bonds is 33. The van der Waals surface area contributed by atoms with Gasteiger partial charge in [0.1, 0.15) is 0 Å². The molecule has 0 aliphatic rings. The van der Waals surface area contributed by atoms with Crippen LogP contribution in [-0.4, -0.2) is 34.9 Å². The zero-order valence-corrected chi connectivity index (χ0v) is 28.7. The summed E-state index contributed by atoms with van der Waals surface area (Å²) in [5.74, 6) is -0.0807. The first-order valence-electron chi connectivity index (χ1n) is 18.7. The lowest BCUT2D eigenvalue weighted by Crippen LogP contribution is -2.45. The Morgan fingerprint density at radius 3 is 1.35 bits per heavy atom. The highest BCUT2D eigenvalue weighted by Crippen LogP contribution is 2.12. The van der Waals surface area contributed by atoms with Crippen molar-refractivity contribution in [1.29, 1.82) is 0 Å². The van der Waals surface area contributed by atoms with Crippen LogP contribution in [0.3, 0.4) is 0 Å². The van der Waals surface area contributed by atoms with Crippen LogP contribution in [0.15, 0.2) is 36.5 Å². The molecule has 3 N–H and O–H groups in total. The van der Waals surface area contributed by atoms with Gasteiger partial charge in [0.05, 0.1) is 18.8 Å². The van der Waals surface area contributed by atoms with E-state index in [0.717, 1.165) is 32.1 Å². The number of allylic oxidation sites excluding steroid dienone is 5. The Labute approximate surface area is 268 Å². The number of carbonyl (C=O) groups is 1. The highest BCUT2D eigenvalue weighted by atomic mass is 16.3. The van der Waals surface area contributed by atoms with E-state index >= 15 is 0 Å². The third kappa shape index (κ3) is 31.8. The SMILES string of the molecule is CCCCCCCC/C=C/CC/C=C/C(O)C(CO)NC(=O)CCCCCCCCC/C=C\CCCCCCCCCC. The summed E-state index contributed by atoms with van der Waals surface area (Å²) in [6, 6.07) is -0.638. The van der Waals surface area contributed by atoms with Crippen LogP contribution in [0, 0.1) is 0 Å². The maximum absolute atomic E-state index is 12.3. The normalized spacial score (nSPS) is 13.5. The van der Waals surface area contributed by atoms with Crippen LogP contribution in [0.25, 0.3) is 0 Å². The number of hydrogen-bond donors (Lipinski definition) is 3. The molecule has 1 amide bonds. The quantitative estimate of drug-likeness (QED) is 0.0516. The van der Waals surface area contributed by atoms with Gasteiger partial charge in [0.15, 0.2) is 0 Å². The molecule has 0 saturated carbocycles. The fourth-order valence-electron chi connectivity index (χ4n) is 5.42. The van der Waals surface area contributed by atoms with Gasteiger partial charge in [-0.2, -0.15) is 0 Å². The number of aliphatic hydroxyl groups excluding tert-OH is 2. The molecule has 0 rings (SSSR count). The summed E-state index contributed by atoms with van der Waals surface area (Å²) in [4.78, 5) is 12.3. The summed E-state index contributed by atoms with van der Waals surface area (Å²) in [7, 11) is 0. The van der Waals surface area contributed by atoms with Gasteiger partial charge in [-0.3, -0.25) is 4.79 Å². The molecule has 0 aromatic heterocycles. The molecule has 0 radical (unpaired) electrons. The van der Waals surface area contributed by atoms with Crippen molar-refractivity contribution in [1.82, 2.24) is 5.32 Å². The molecule has 0 aliphatic carbocycles. The van der Waals surface area contributed by atoms with E-state index in [1.807, 2.05) is 6.08 Å². The summed E-state index contributed by atoms with van der Waals surface area (Å²) in [6.07, 6.45) is 45.2. The Hall–Kier alpha value is -1.39. The first-order chi connectivity index (χ1) is 21.2. The zero-order valence-electron chi connectivity index (χ0n) is 28.7. The summed E-state index contributed by atoms with van der Waals surface area (Å²) in [6.45, 7) is 4.27. The van der Waals surface area contributed by atoms with Crippen LogP contribution in [0.1, 0.15) is 187 Å². The van der Waals surface area contributed by atoms with Crippen LogP contribution in [0.2, 0.25) is 0 Å². The van der Waals surface area contributed by atoms with E-state index in [1.54, 1.807) is 6.08 Å². The van der Waals surface area contributed by atoms with Crippen molar-refractivity contribution in [2.24, 2.45) is 0 Å². The standard InChI is InChI=1S/C39H73NO3/c1-3-5-7-9-11-13-15-17-18-19-20-21-22-23-25-27-29-31-33-35-39(43)40-37(36-41)38(42)34-32-30-28-26-24-16-14-12-10-8-6-4-2/h19-20,24,26,32,34,37-38,41-42H,3-18,21-23,25,27-31,33,35-36H2,1-2H3,(H,40,43)/b20-19-,26-24+,34-32+. The Morgan fingerprint density at radius 2 is 0.907 bits per heavy atom.